The van der Waals surface area contributed by atoms with Crippen molar-refractivity contribution in [3.8, 4) is 0 Å². The molecule has 94 valence electrons. The van der Waals surface area contributed by atoms with Gasteiger partial charge < -0.3 is 10.6 Å². The van der Waals surface area contributed by atoms with Gasteiger partial charge in [0.05, 0.1) is 5.69 Å². The summed E-state index contributed by atoms with van der Waals surface area (Å²) in [4.78, 5) is 11.6. The molecular formula is C12H20N4O. The van der Waals surface area contributed by atoms with E-state index in [1.165, 1.54) is 6.42 Å². The van der Waals surface area contributed by atoms with E-state index in [1.54, 1.807) is 0 Å². The molecule has 0 radical (unpaired) electrons. The molecule has 1 aliphatic rings. The molecular weight excluding hydrogens is 216 g/mol. The van der Waals surface area contributed by atoms with Gasteiger partial charge in [0, 0.05) is 30.9 Å². The largest absolute Gasteiger partial charge is 0.335 e. The molecule has 1 aromatic heterocycles. The predicted octanol–water partition coefficient (Wildman–Crippen LogP) is 1.39. The maximum atomic E-state index is 11.6. The second kappa shape index (κ2) is 4.77. The van der Waals surface area contributed by atoms with Gasteiger partial charge in [0.1, 0.15) is 0 Å². The number of amides is 2. The van der Waals surface area contributed by atoms with Gasteiger partial charge in [0.15, 0.2) is 0 Å². The highest BCUT2D eigenvalue weighted by atomic mass is 16.2. The third kappa shape index (κ3) is 2.60. The molecule has 0 saturated heterocycles. The summed E-state index contributed by atoms with van der Waals surface area (Å²) in [6.07, 6.45) is 3.45. The first-order chi connectivity index (χ1) is 8.08. The van der Waals surface area contributed by atoms with Crippen LogP contribution in [0.5, 0.6) is 0 Å². The van der Waals surface area contributed by atoms with Gasteiger partial charge in [-0.1, -0.05) is 0 Å². The van der Waals surface area contributed by atoms with Gasteiger partial charge in [-0.05, 0) is 33.1 Å². The first kappa shape index (κ1) is 12.0. The molecule has 1 saturated carbocycles. The Labute approximate surface area is 102 Å². The zero-order valence-electron chi connectivity index (χ0n) is 10.7. The topological polar surface area (TPSA) is 59.0 Å². The van der Waals surface area contributed by atoms with E-state index in [2.05, 4.69) is 15.7 Å². The molecule has 5 nitrogen and oxygen atoms in total. The third-order valence-electron chi connectivity index (χ3n) is 3.52. The van der Waals surface area contributed by atoms with Gasteiger partial charge in [0.2, 0.25) is 0 Å². The van der Waals surface area contributed by atoms with Crippen LogP contribution in [0.15, 0.2) is 0 Å². The van der Waals surface area contributed by atoms with E-state index in [0.29, 0.717) is 12.6 Å². The third-order valence-corrected chi connectivity index (χ3v) is 3.52. The van der Waals surface area contributed by atoms with Crippen molar-refractivity contribution >= 4 is 6.03 Å². The summed E-state index contributed by atoms with van der Waals surface area (Å²) in [5.41, 5.74) is 3.19. The number of carbonyl (C=O) groups excluding carboxylic acids is 1. The van der Waals surface area contributed by atoms with E-state index < -0.39 is 0 Å². The lowest BCUT2D eigenvalue weighted by Crippen LogP contribution is -2.44. The molecule has 0 unspecified atom stereocenters. The first-order valence-corrected chi connectivity index (χ1v) is 6.11. The Morgan fingerprint density at radius 3 is 2.65 bits per heavy atom. The highest BCUT2D eigenvalue weighted by Gasteiger charge is 2.19. The van der Waals surface area contributed by atoms with E-state index in [1.807, 2.05) is 25.6 Å². The van der Waals surface area contributed by atoms with Crippen molar-refractivity contribution in [3.63, 3.8) is 0 Å². The van der Waals surface area contributed by atoms with E-state index in [9.17, 15) is 4.79 Å². The Hall–Kier alpha value is -1.52. The number of urea groups is 1. The quantitative estimate of drug-likeness (QED) is 0.833. The van der Waals surface area contributed by atoms with E-state index >= 15 is 0 Å². The fourth-order valence-electron chi connectivity index (χ4n) is 2.03. The van der Waals surface area contributed by atoms with Crippen molar-refractivity contribution in [3.05, 3.63) is 17.0 Å². The average Bonchev–Trinajstić information content (AvgIpc) is 2.45. The molecule has 0 atom stereocenters. The predicted molar refractivity (Wildman–Crippen MR) is 65.7 cm³/mol. The van der Waals surface area contributed by atoms with Gasteiger partial charge in [-0.2, -0.15) is 5.10 Å². The number of rotatable bonds is 3. The zero-order valence-corrected chi connectivity index (χ0v) is 10.7. The fourth-order valence-corrected chi connectivity index (χ4v) is 2.03. The van der Waals surface area contributed by atoms with Crippen molar-refractivity contribution in [2.45, 2.75) is 45.7 Å². The summed E-state index contributed by atoms with van der Waals surface area (Å²) >= 11 is 0. The molecule has 2 amide bonds. The Bertz CT molecular complexity index is 420. The van der Waals surface area contributed by atoms with Crippen molar-refractivity contribution < 1.29 is 4.79 Å². The molecule has 1 aliphatic carbocycles. The zero-order chi connectivity index (χ0) is 12.4. The van der Waals surface area contributed by atoms with E-state index in [-0.39, 0.29) is 6.03 Å². The maximum absolute atomic E-state index is 11.6. The van der Waals surface area contributed by atoms with Crippen LogP contribution in [0.2, 0.25) is 0 Å². The van der Waals surface area contributed by atoms with Gasteiger partial charge in [-0.15, -0.1) is 0 Å². The van der Waals surface area contributed by atoms with Crippen LogP contribution < -0.4 is 10.6 Å². The van der Waals surface area contributed by atoms with Crippen LogP contribution in [0.25, 0.3) is 0 Å². The Morgan fingerprint density at radius 2 is 2.18 bits per heavy atom. The number of nitrogens with one attached hydrogen (secondary N) is 2. The summed E-state index contributed by atoms with van der Waals surface area (Å²) in [5, 5.41) is 10.2. The summed E-state index contributed by atoms with van der Waals surface area (Å²) in [6, 6.07) is 0.309. The van der Waals surface area contributed by atoms with Crippen LogP contribution in [-0.4, -0.2) is 21.9 Å². The number of aromatic nitrogens is 2. The fraction of sp³-hybridized carbons (Fsp3) is 0.667. The minimum absolute atomic E-state index is 0.0719. The SMILES string of the molecule is Cc1nn(C)c(C)c1CNC(=O)NC1CCC1. The number of aryl methyl sites for hydroxylation is 2. The molecule has 2 N–H and O–H groups in total. The highest BCUT2D eigenvalue weighted by molar-refractivity contribution is 5.74. The van der Waals surface area contributed by atoms with Crippen LogP contribution >= 0.6 is 0 Å². The second-order valence-corrected chi connectivity index (χ2v) is 4.73. The minimum atomic E-state index is -0.0719. The summed E-state index contributed by atoms with van der Waals surface area (Å²) < 4.78 is 1.84. The number of nitrogens with zero attached hydrogens (tertiary/aromatic N) is 2. The van der Waals surface area contributed by atoms with Crippen LogP contribution in [-0.2, 0) is 13.6 Å². The highest BCUT2D eigenvalue weighted by Crippen LogP contribution is 2.17. The number of carbonyl (C=O) groups is 1. The molecule has 1 heterocycles. The Kier molecular flexibility index (Phi) is 3.36. The standard InChI is InChI=1S/C12H20N4O/c1-8-11(9(2)16(3)15-8)7-13-12(17)14-10-5-4-6-10/h10H,4-7H2,1-3H3,(H2,13,14,17). The molecule has 0 aliphatic heterocycles. The lowest BCUT2D eigenvalue weighted by Gasteiger charge is -2.26. The molecule has 5 heteroatoms. The van der Waals surface area contributed by atoms with E-state index in [4.69, 9.17) is 0 Å². The van der Waals surface area contributed by atoms with Gasteiger partial charge >= 0.3 is 6.03 Å². The smallest absolute Gasteiger partial charge is 0.315 e. The molecule has 1 aromatic rings. The Morgan fingerprint density at radius 1 is 1.47 bits per heavy atom. The van der Waals surface area contributed by atoms with Gasteiger partial charge in [-0.25, -0.2) is 4.79 Å². The van der Waals surface area contributed by atoms with Crippen LogP contribution in [0.1, 0.15) is 36.2 Å². The first-order valence-electron chi connectivity index (χ1n) is 6.11. The molecule has 0 aromatic carbocycles. The van der Waals surface area contributed by atoms with Gasteiger partial charge in [0.25, 0.3) is 0 Å². The van der Waals surface area contributed by atoms with Crippen molar-refractivity contribution in [2.24, 2.45) is 7.05 Å². The van der Waals surface area contributed by atoms with Crippen LogP contribution in [0.3, 0.4) is 0 Å². The summed E-state index contributed by atoms with van der Waals surface area (Å²) in [5.74, 6) is 0. The Balaban J connectivity index is 1.86. The lowest BCUT2D eigenvalue weighted by molar-refractivity contribution is 0.228. The second-order valence-electron chi connectivity index (χ2n) is 4.73. The van der Waals surface area contributed by atoms with Crippen molar-refractivity contribution in [1.82, 2.24) is 20.4 Å². The monoisotopic (exact) mass is 236 g/mol. The average molecular weight is 236 g/mol. The molecule has 2 rings (SSSR count). The number of hydrogen-bond donors (Lipinski definition) is 2. The minimum Gasteiger partial charge on any atom is -0.335 e. The molecule has 0 bridgehead atoms. The van der Waals surface area contributed by atoms with Crippen molar-refractivity contribution in [1.29, 1.82) is 0 Å². The summed E-state index contributed by atoms with van der Waals surface area (Å²) in [6.45, 7) is 4.53. The van der Waals surface area contributed by atoms with Crippen LogP contribution in [0.4, 0.5) is 4.79 Å². The van der Waals surface area contributed by atoms with E-state index in [0.717, 1.165) is 29.8 Å². The molecule has 1 fully saturated rings. The van der Waals surface area contributed by atoms with Crippen LogP contribution in [0, 0.1) is 13.8 Å². The lowest BCUT2D eigenvalue weighted by atomic mass is 9.93. The summed E-state index contributed by atoms with van der Waals surface area (Å²) in [7, 11) is 1.92. The van der Waals surface area contributed by atoms with Gasteiger partial charge in [-0.3, -0.25) is 4.68 Å². The molecule has 17 heavy (non-hydrogen) atoms. The van der Waals surface area contributed by atoms with Crippen molar-refractivity contribution in [2.75, 3.05) is 0 Å². The maximum Gasteiger partial charge on any atom is 0.315 e. The number of hydrogen-bond acceptors (Lipinski definition) is 2. The molecule has 0 spiro atoms. The normalized spacial score (nSPS) is 15.5.